The summed E-state index contributed by atoms with van der Waals surface area (Å²) in [5.74, 6) is 2.50. The number of anilines is 2. The number of fused-ring (bicyclic) bond motifs is 1. The molecular weight excluding hydrogens is 266 g/mol. The van der Waals surface area contributed by atoms with Crippen LogP contribution in [-0.4, -0.2) is 35.6 Å². The Kier molecular flexibility index (Phi) is 3.51. The zero-order valence-electron chi connectivity index (χ0n) is 12.5. The molecule has 110 valence electrons. The van der Waals surface area contributed by atoms with Crippen molar-refractivity contribution in [2.45, 2.75) is 13.3 Å². The number of H-pyrrole nitrogens is 1. The Morgan fingerprint density at radius 1 is 1.33 bits per heavy atom. The standard InChI is InChI=1S/C15H19N5O/c1-10-9-12-13(16-7-6-11-5-4-8-21-11)18-15(20(2)3)19-14(12)17-10/h4-5,8-9H,6-7H2,1-3H3,(H2,16,17,18,19). The lowest BCUT2D eigenvalue weighted by atomic mass is 10.3. The van der Waals surface area contributed by atoms with Gasteiger partial charge in [-0.1, -0.05) is 0 Å². The van der Waals surface area contributed by atoms with Crippen LogP contribution in [0.1, 0.15) is 11.5 Å². The van der Waals surface area contributed by atoms with Crippen LogP contribution >= 0.6 is 0 Å². The molecule has 0 spiro atoms. The molecule has 0 aliphatic rings. The molecule has 3 aromatic rings. The molecule has 6 nitrogen and oxygen atoms in total. The fourth-order valence-electron chi connectivity index (χ4n) is 2.22. The van der Waals surface area contributed by atoms with E-state index in [9.17, 15) is 0 Å². The second-order valence-electron chi connectivity index (χ2n) is 5.24. The molecule has 0 saturated carbocycles. The summed E-state index contributed by atoms with van der Waals surface area (Å²) in [7, 11) is 3.87. The Bertz CT molecular complexity index is 730. The largest absolute Gasteiger partial charge is 0.469 e. The lowest BCUT2D eigenvalue weighted by molar-refractivity contribution is 0.513. The van der Waals surface area contributed by atoms with E-state index >= 15 is 0 Å². The average Bonchev–Trinajstić information content (AvgIpc) is 3.06. The number of hydrogen-bond donors (Lipinski definition) is 2. The smallest absolute Gasteiger partial charge is 0.228 e. The Morgan fingerprint density at radius 3 is 2.90 bits per heavy atom. The molecule has 0 aliphatic heterocycles. The zero-order chi connectivity index (χ0) is 14.8. The Balaban J connectivity index is 1.85. The van der Waals surface area contributed by atoms with E-state index in [0.717, 1.165) is 41.3 Å². The summed E-state index contributed by atoms with van der Waals surface area (Å²) in [6.45, 7) is 2.78. The van der Waals surface area contributed by atoms with Gasteiger partial charge in [0.25, 0.3) is 0 Å². The molecule has 0 amide bonds. The summed E-state index contributed by atoms with van der Waals surface area (Å²) in [5, 5.41) is 4.39. The van der Waals surface area contributed by atoms with E-state index in [0.29, 0.717) is 5.95 Å². The number of nitrogens with zero attached hydrogens (tertiary/aromatic N) is 3. The second kappa shape index (κ2) is 5.47. The molecular formula is C15H19N5O. The third-order valence-electron chi connectivity index (χ3n) is 3.25. The molecule has 0 atom stereocenters. The van der Waals surface area contributed by atoms with Crippen molar-refractivity contribution in [3.63, 3.8) is 0 Å². The van der Waals surface area contributed by atoms with Crippen LogP contribution in [0.5, 0.6) is 0 Å². The van der Waals surface area contributed by atoms with Gasteiger partial charge in [0.1, 0.15) is 17.2 Å². The number of aryl methyl sites for hydroxylation is 1. The summed E-state index contributed by atoms with van der Waals surface area (Å²) in [4.78, 5) is 14.3. The molecule has 21 heavy (non-hydrogen) atoms. The van der Waals surface area contributed by atoms with Crippen LogP contribution < -0.4 is 10.2 Å². The van der Waals surface area contributed by atoms with Crippen molar-refractivity contribution in [3.05, 3.63) is 35.9 Å². The number of aromatic nitrogens is 3. The number of aromatic amines is 1. The molecule has 0 bridgehead atoms. The van der Waals surface area contributed by atoms with E-state index in [4.69, 9.17) is 4.42 Å². The predicted molar refractivity (Wildman–Crippen MR) is 83.9 cm³/mol. The highest BCUT2D eigenvalue weighted by Crippen LogP contribution is 2.23. The van der Waals surface area contributed by atoms with Gasteiger partial charge in [-0.2, -0.15) is 9.97 Å². The topological polar surface area (TPSA) is 70.0 Å². The molecule has 0 fully saturated rings. The minimum absolute atomic E-state index is 0.685. The maximum absolute atomic E-state index is 5.34. The Morgan fingerprint density at radius 2 is 2.19 bits per heavy atom. The third kappa shape index (κ3) is 2.84. The highest BCUT2D eigenvalue weighted by molar-refractivity contribution is 5.88. The van der Waals surface area contributed by atoms with Gasteiger partial charge in [-0.3, -0.25) is 0 Å². The van der Waals surface area contributed by atoms with Crippen LogP contribution in [0.25, 0.3) is 11.0 Å². The van der Waals surface area contributed by atoms with Gasteiger partial charge in [0.2, 0.25) is 5.95 Å². The first-order valence-corrected chi connectivity index (χ1v) is 6.94. The van der Waals surface area contributed by atoms with Gasteiger partial charge in [-0.15, -0.1) is 0 Å². The van der Waals surface area contributed by atoms with Crippen molar-refractivity contribution >= 4 is 22.8 Å². The maximum atomic E-state index is 5.34. The van der Waals surface area contributed by atoms with Crippen LogP contribution in [0.15, 0.2) is 28.9 Å². The molecule has 3 rings (SSSR count). The zero-order valence-corrected chi connectivity index (χ0v) is 12.5. The second-order valence-corrected chi connectivity index (χ2v) is 5.24. The average molecular weight is 285 g/mol. The Labute approximate surface area is 123 Å². The van der Waals surface area contributed by atoms with Crippen LogP contribution in [0.4, 0.5) is 11.8 Å². The highest BCUT2D eigenvalue weighted by Gasteiger charge is 2.11. The van der Waals surface area contributed by atoms with E-state index < -0.39 is 0 Å². The van der Waals surface area contributed by atoms with Crippen LogP contribution in [-0.2, 0) is 6.42 Å². The van der Waals surface area contributed by atoms with E-state index in [1.165, 1.54) is 0 Å². The van der Waals surface area contributed by atoms with Gasteiger partial charge in [0.15, 0.2) is 0 Å². The van der Waals surface area contributed by atoms with Crippen molar-refractivity contribution in [1.82, 2.24) is 15.0 Å². The highest BCUT2D eigenvalue weighted by atomic mass is 16.3. The van der Waals surface area contributed by atoms with Crippen LogP contribution in [0.2, 0.25) is 0 Å². The van der Waals surface area contributed by atoms with Crippen molar-refractivity contribution in [2.75, 3.05) is 30.9 Å². The van der Waals surface area contributed by atoms with E-state index in [-0.39, 0.29) is 0 Å². The van der Waals surface area contributed by atoms with Crippen molar-refractivity contribution in [2.24, 2.45) is 0 Å². The fourth-order valence-corrected chi connectivity index (χ4v) is 2.22. The van der Waals surface area contributed by atoms with Gasteiger partial charge in [-0.05, 0) is 25.1 Å². The minimum Gasteiger partial charge on any atom is -0.469 e. The van der Waals surface area contributed by atoms with Crippen molar-refractivity contribution in [1.29, 1.82) is 0 Å². The fraction of sp³-hybridized carbons (Fsp3) is 0.333. The molecule has 0 radical (unpaired) electrons. The first-order valence-electron chi connectivity index (χ1n) is 6.94. The predicted octanol–water partition coefficient (Wildman–Crippen LogP) is 2.58. The molecule has 0 aliphatic carbocycles. The molecule has 0 saturated heterocycles. The monoisotopic (exact) mass is 285 g/mol. The van der Waals surface area contributed by atoms with Gasteiger partial charge in [-0.25, -0.2) is 0 Å². The van der Waals surface area contributed by atoms with Gasteiger partial charge in [0, 0.05) is 32.8 Å². The first-order chi connectivity index (χ1) is 10.1. The van der Waals surface area contributed by atoms with E-state index in [1.807, 2.05) is 38.1 Å². The number of hydrogen-bond acceptors (Lipinski definition) is 5. The molecule has 0 unspecified atom stereocenters. The number of rotatable bonds is 5. The van der Waals surface area contributed by atoms with Gasteiger partial charge >= 0.3 is 0 Å². The van der Waals surface area contributed by atoms with Gasteiger partial charge < -0.3 is 19.6 Å². The quantitative estimate of drug-likeness (QED) is 0.754. The van der Waals surface area contributed by atoms with Gasteiger partial charge in [0.05, 0.1) is 11.6 Å². The lowest BCUT2D eigenvalue weighted by Gasteiger charge is -2.13. The van der Waals surface area contributed by atoms with Crippen LogP contribution in [0.3, 0.4) is 0 Å². The summed E-state index contributed by atoms with van der Waals surface area (Å²) in [5.41, 5.74) is 1.93. The molecule has 2 N–H and O–H groups in total. The molecule has 6 heteroatoms. The lowest BCUT2D eigenvalue weighted by Crippen LogP contribution is -2.15. The summed E-state index contributed by atoms with van der Waals surface area (Å²) >= 11 is 0. The normalized spacial score (nSPS) is 11.0. The minimum atomic E-state index is 0.685. The third-order valence-corrected chi connectivity index (χ3v) is 3.25. The summed E-state index contributed by atoms with van der Waals surface area (Å²) < 4.78 is 5.34. The summed E-state index contributed by atoms with van der Waals surface area (Å²) in [6, 6.07) is 5.94. The van der Waals surface area contributed by atoms with Crippen molar-refractivity contribution in [3.8, 4) is 0 Å². The number of furan rings is 1. The molecule has 3 heterocycles. The molecule has 0 aromatic carbocycles. The number of nitrogens with one attached hydrogen (secondary N) is 2. The Hall–Kier alpha value is -2.50. The van der Waals surface area contributed by atoms with E-state index in [2.05, 4.69) is 26.3 Å². The SMILES string of the molecule is Cc1cc2c(NCCc3ccco3)nc(N(C)C)nc2[nH]1. The van der Waals surface area contributed by atoms with Crippen LogP contribution in [0, 0.1) is 6.92 Å². The first kappa shape index (κ1) is 13.5. The molecule has 3 aromatic heterocycles. The maximum Gasteiger partial charge on any atom is 0.228 e. The van der Waals surface area contributed by atoms with Crippen molar-refractivity contribution < 1.29 is 4.42 Å². The summed E-state index contributed by atoms with van der Waals surface area (Å²) in [6.07, 6.45) is 2.51. The van der Waals surface area contributed by atoms with E-state index in [1.54, 1.807) is 6.26 Å².